The Morgan fingerprint density at radius 3 is 2.88 bits per heavy atom. The van der Waals surface area contributed by atoms with Gasteiger partial charge in [0.05, 0.1) is 24.7 Å². The van der Waals surface area contributed by atoms with E-state index in [0.717, 1.165) is 5.56 Å². The average Bonchev–Trinajstić information content (AvgIpc) is 3.41. The molecule has 0 saturated carbocycles. The van der Waals surface area contributed by atoms with Crippen molar-refractivity contribution in [2.75, 3.05) is 13.0 Å². The number of nitrogens with two attached hydrogens (primary N) is 1. The molecule has 0 atom stereocenters. The molecule has 0 amide bonds. The van der Waals surface area contributed by atoms with Crippen LogP contribution >= 0.6 is 11.8 Å². The van der Waals surface area contributed by atoms with Gasteiger partial charge in [0.25, 0.3) is 0 Å². The third kappa shape index (κ3) is 3.02. The molecule has 26 heavy (non-hydrogen) atoms. The van der Waals surface area contributed by atoms with Crippen LogP contribution in [0.25, 0.3) is 23.0 Å². The molecule has 0 saturated heterocycles. The summed E-state index contributed by atoms with van der Waals surface area (Å²) in [5.74, 6) is 9.09. The van der Waals surface area contributed by atoms with Gasteiger partial charge in [-0.05, 0) is 24.3 Å². The zero-order valence-electron chi connectivity index (χ0n) is 13.7. The summed E-state index contributed by atoms with van der Waals surface area (Å²) in [5, 5.41) is 12.7. The number of hydrogen-bond acceptors (Lipinski definition) is 9. The maximum atomic E-state index is 6.14. The van der Waals surface area contributed by atoms with Crippen LogP contribution in [0.1, 0.15) is 5.89 Å². The maximum absolute atomic E-state index is 6.14. The zero-order chi connectivity index (χ0) is 17.9. The number of methoxy groups -OCH3 is 1. The van der Waals surface area contributed by atoms with E-state index in [-0.39, 0.29) is 0 Å². The Hall–Kier alpha value is -3.27. The molecule has 0 fully saturated rings. The molecule has 3 aromatic heterocycles. The van der Waals surface area contributed by atoms with Crippen molar-refractivity contribution in [3.63, 3.8) is 0 Å². The minimum atomic E-state index is 0.398. The molecule has 9 nitrogen and oxygen atoms in total. The van der Waals surface area contributed by atoms with Gasteiger partial charge in [-0.15, -0.1) is 10.2 Å². The molecule has 1 aromatic carbocycles. The highest BCUT2D eigenvalue weighted by Crippen LogP contribution is 2.30. The standard InChI is InChI=1S/C16H14N6O3S/c1-23-11-6-3-2-5-10(11)15-19-20-16(22(15)17)26-9-13-18-14(21-25-13)12-7-4-8-24-12/h2-8H,9,17H2,1H3. The SMILES string of the molecule is COc1ccccc1-c1nnc(SCc2nc(-c3ccco3)no2)n1N. The Kier molecular flexibility index (Phi) is 4.32. The summed E-state index contributed by atoms with van der Waals surface area (Å²) in [5.41, 5.74) is 0.759. The molecule has 0 aliphatic heterocycles. The molecule has 0 aliphatic carbocycles. The van der Waals surface area contributed by atoms with Gasteiger partial charge in [-0.2, -0.15) is 4.98 Å². The minimum absolute atomic E-state index is 0.398. The summed E-state index contributed by atoms with van der Waals surface area (Å²) in [7, 11) is 1.60. The second-order valence-corrected chi connectivity index (χ2v) is 6.10. The van der Waals surface area contributed by atoms with Gasteiger partial charge in [0.1, 0.15) is 5.75 Å². The summed E-state index contributed by atoms with van der Waals surface area (Å²) < 4.78 is 17.2. The molecule has 0 bridgehead atoms. The number of ether oxygens (including phenoxy) is 1. The molecule has 0 unspecified atom stereocenters. The molecule has 10 heteroatoms. The first-order chi connectivity index (χ1) is 12.8. The molecule has 4 rings (SSSR count). The van der Waals surface area contributed by atoms with Gasteiger partial charge in [-0.25, -0.2) is 4.68 Å². The van der Waals surface area contributed by atoms with Gasteiger partial charge in [0.15, 0.2) is 11.6 Å². The number of rotatable bonds is 6. The summed E-state index contributed by atoms with van der Waals surface area (Å²) in [6, 6.07) is 11.0. The number of hydrogen-bond donors (Lipinski definition) is 1. The first kappa shape index (κ1) is 16.2. The highest BCUT2D eigenvalue weighted by Gasteiger charge is 2.17. The monoisotopic (exact) mass is 370 g/mol. The molecular weight excluding hydrogens is 356 g/mol. The Labute approximate surface area is 152 Å². The summed E-state index contributed by atoms with van der Waals surface area (Å²) in [6.07, 6.45) is 1.55. The number of nitrogens with zero attached hydrogens (tertiary/aromatic N) is 5. The van der Waals surface area contributed by atoms with E-state index in [1.807, 2.05) is 24.3 Å². The van der Waals surface area contributed by atoms with Crippen LogP contribution in [0.5, 0.6) is 5.75 Å². The van der Waals surface area contributed by atoms with Crippen LogP contribution in [0.2, 0.25) is 0 Å². The Bertz CT molecular complexity index is 1010. The lowest BCUT2D eigenvalue weighted by Crippen LogP contribution is -2.12. The Morgan fingerprint density at radius 2 is 2.08 bits per heavy atom. The molecule has 0 aliphatic rings. The molecule has 4 aromatic rings. The van der Waals surface area contributed by atoms with Crippen LogP contribution in [-0.2, 0) is 5.75 Å². The summed E-state index contributed by atoms with van der Waals surface area (Å²) in [4.78, 5) is 4.28. The van der Waals surface area contributed by atoms with Crippen molar-refractivity contribution in [2.24, 2.45) is 0 Å². The number of benzene rings is 1. The van der Waals surface area contributed by atoms with Gasteiger partial charge in [0.2, 0.25) is 16.9 Å². The smallest absolute Gasteiger partial charge is 0.238 e. The second kappa shape index (κ2) is 6.92. The topological polar surface area (TPSA) is 118 Å². The molecule has 3 heterocycles. The second-order valence-electron chi connectivity index (χ2n) is 5.15. The quantitative estimate of drug-likeness (QED) is 0.403. The van der Waals surface area contributed by atoms with Crippen LogP contribution in [0.3, 0.4) is 0 Å². The number of aromatic nitrogens is 5. The lowest BCUT2D eigenvalue weighted by molar-refractivity contribution is 0.390. The van der Waals surface area contributed by atoms with E-state index in [4.69, 9.17) is 19.5 Å². The predicted molar refractivity (Wildman–Crippen MR) is 93.7 cm³/mol. The van der Waals surface area contributed by atoms with Crippen LogP contribution in [0.4, 0.5) is 0 Å². The molecular formula is C16H14N6O3S. The largest absolute Gasteiger partial charge is 0.496 e. The van der Waals surface area contributed by atoms with E-state index in [1.165, 1.54) is 16.4 Å². The van der Waals surface area contributed by atoms with Crippen molar-refractivity contribution in [1.29, 1.82) is 0 Å². The highest BCUT2D eigenvalue weighted by molar-refractivity contribution is 7.98. The van der Waals surface area contributed by atoms with Crippen molar-refractivity contribution >= 4 is 11.8 Å². The van der Waals surface area contributed by atoms with Crippen molar-refractivity contribution in [1.82, 2.24) is 25.0 Å². The van der Waals surface area contributed by atoms with Crippen molar-refractivity contribution in [3.05, 3.63) is 48.6 Å². The summed E-state index contributed by atoms with van der Waals surface area (Å²) >= 11 is 1.34. The first-order valence-electron chi connectivity index (χ1n) is 7.59. The molecule has 2 N–H and O–H groups in total. The Morgan fingerprint density at radius 1 is 1.19 bits per heavy atom. The van der Waals surface area contributed by atoms with Gasteiger partial charge in [0, 0.05) is 0 Å². The van der Waals surface area contributed by atoms with E-state index < -0.39 is 0 Å². The fourth-order valence-corrected chi connectivity index (χ4v) is 3.03. The van der Waals surface area contributed by atoms with E-state index in [0.29, 0.717) is 40.0 Å². The zero-order valence-corrected chi connectivity index (χ0v) is 14.5. The van der Waals surface area contributed by atoms with Crippen LogP contribution in [-0.4, -0.2) is 32.1 Å². The van der Waals surface area contributed by atoms with E-state index >= 15 is 0 Å². The van der Waals surface area contributed by atoms with Gasteiger partial charge in [-0.3, -0.25) is 0 Å². The van der Waals surface area contributed by atoms with Crippen LogP contribution in [0, 0.1) is 0 Å². The van der Waals surface area contributed by atoms with Crippen LogP contribution < -0.4 is 10.6 Å². The van der Waals surface area contributed by atoms with E-state index in [1.54, 1.807) is 25.5 Å². The predicted octanol–water partition coefficient (Wildman–Crippen LogP) is 2.60. The number of nitrogen functional groups attached to an aromatic ring is 1. The first-order valence-corrected chi connectivity index (χ1v) is 8.58. The molecule has 0 spiro atoms. The maximum Gasteiger partial charge on any atom is 0.238 e. The van der Waals surface area contributed by atoms with Crippen molar-refractivity contribution in [2.45, 2.75) is 10.9 Å². The van der Waals surface area contributed by atoms with Gasteiger partial charge < -0.3 is 19.5 Å². The van der Waals surface area contributed by atoms with Gasteiger partial charge in [-0.1, -0.05) is 29.1 Å². The minimum Gasteiger partial charge on any atom is -0.496 e. The van der Waals surface area contributed by atoms with E-state index in [9.17, 15) is 0 Å². The third-order valence-electron chi connectivity index (χ3n) is 3.55. The fraction of sp³-hybridized carbons (Fsp3) is 0.125. The number of para-hydroxylation sites is 1. The fourth-order valence-electron chi connectivity index (χ4n) is 2.33. The number of thioether (sulfide) groups is 1. The Balaban J connectivity index is 1.51. The van der Waals surface area contributed by atoms with Crippen LogP contribution in [0.15, 0.2) is 56.8 Å². The van der Waals surface area contributed by atoms with E-state index in [2.05, 4.69) is 20.3 Å². The molecule has 0 radical (unpaired) electrons. The summed E-state index contributed by atoms with van der Waals surface area (Å²) in [6.45, 7) is 0. The normalized spacial score (nSPS) is 11.0. The van der Waals surface area contributed by atoms with Crippen molar-refractivity contribution in [3.8, 4) is 28.7 Å². The average molecular weight is 370 g/mol. The third-order valence-corrected chi connectivity index (χ3v) is 4.47. The lowest BCUT2D eigenvalue weighted by atomic mass is 10.2. The highest BCUT2D eigenvalue weighted by atomic mass is 32.2. The lowest BCUT2D eigenvalue weighted by Gasteiger charge is -2.07. The van der Waals surface area contributed by atoms with Crippen molar-refractivity contribution < 1.29 is 13.7 Å². The molecule has 132 valence electrons. The number of furan rings is 1. The van der Waals surface area contributed by atoms with Gasteiger partial charge >= 0.3 is 0 Å².